The van der Waals surface area contributed by atoms with Crippen LogP contribution in [0.5, 0.6) is 0 Å². The van der Waals surface area contributed by atoms with Crippen LogP contribution in [0.2, 0.25) is 0 Å². The number of nitrogens with zero attached hydrogens (tertiary/aromatic N) is 5. The van der Waals surface area contributed by atoms with Crippen LogP contribution in [0.1, 0.15) is 61.4 Å². The highest BCUT2D eigenvalue weighted by atomic mass is 16.2. The minimum absolute atomic E-state index is 0.0108. The van der Waals surface area contributed by atoms with Crippen molar-refractivity contribution in [2.75, 3.05) is 31.5 Å². The number of benzene rings is 1. The lowest BCUT2D eigenvalue weighted by molar-refractivity contribution is -0.130. The lowest BCUT2D eigenvalue weighted by Gasteiger charge is -2.41. The van der Waals surface area contributed by atoms with E-state index in [1.807, 2.05) is 52.6 Å². The molecule has 1 aliphatic carbocycles. The van der Waals surface area contributed by atoms with Gasteiger partial charge in [-0.25, -0.2) is 4.68 Å². The molecule has 1 aromatic carbocycles. The summed E-state index contributed by atoms with van der Waals surface area (Å²) >= 11 is 0. The third-order valence-corrected chi connectivity index (χ3v) is 8.62. The van der Waals surface area contributed by atoms with Crippen LogP contribution in [0.3, 0.4) is 0 Å². The fourth-order valence-corrected chi connectivity index (χ4v) is 6.00. The highest BCUT2D eigenvalue weighted by Crippen LogP contribution is 2.27. The van der Waals surface area contributed by atoms with Crippen molar-refractivity contribution >= 4 is 17.5 Å². The van der Waals surface area contributed by atoms with Gasteiger partial charge in [-0.15, -0.1) is 0 Å². The van der Waals surface area contributed by atoms with Gasteiger partial charge >= 0.3 is 0 Å². The summed E-state index contributed by atoms with van der Waals surface area (Å²) in [5, 5.41) is 11.4. The third kappa shape index (κ3) is 6.04. The SMILES string of the molecule is CC(=O)N1CCC(N2CCC(Nc3cncc(-n4cc(-c5cc(C(=O)NC6CC6)ccc5C)cn4)c3)CC2)CC1. The van der Waals surface area contributed by atoms with Crippen LogP contribution in [0.15, 0.2) is 49.1 Å². The summed E-state index contributed by atoms with van der Waals surface area (Å²) in [7, 11) is 0. The number of aromatic nitrogens is 3. The van der Waals surface area contributed by atoms with Crippen molar-refractivity contribution in [2.45, 2.75) is 70.5 Å². The first-order valence-electron chi connectivity index (χ1n) is 14.6. The second-order valence-corrected chi connectivity index (χ2v) is 11.6. The van der Waals surface area contributed by atoms with E-state index in [1.165, 1.54) is 0 Å². The van der Waals surface area contributed by atoms with Crippen molar-refractivity contribution < 1.29 is 9.59 Å². The number of hydrogen-bond acceptors (Lipinski definition) is 6. The molecule has 9 nitrogen and oxygen atoms in total. The summed E-state index contributed by atoms with van der Waals surface area (Å²) < 4.78 is 1.85. The maximum atomic E-state index is 12.6. The Kier molecular flexibility index (Phi) is 7.56. The number of carbonyl (C=O) groups excluding carboxylic acids is 2. The van der Waals surface area contributed by atoms with Crippen LogP contribution in [-0.4, -0.2) is 80.7 Å². The molecular weight excluding hydrogens is 502 g/mol. The van der Waals surface area contributed by atoms with E-state index < -0.39 is 0 Å². The predicted molar refractivity (Wildman–Crippen MR) is 156 cm³/mol. The molecule has 6 rings (SSSR count). The molecule has 0 bridgehead atoms. The average Bonchev–Trinajstić information content (AvgIpc) is 3.65. The average molecular weight is 542 g/mol. The maximum Gasteiger partial charge on any atom is 0.251 e. The number of amides is 2. The van der Waals surface area contributed by atoms with Gasteiger partial charge in [-0.3, -0.25) is 14.6 Å². The number of pyridine rings is 1. The molecule has 2 amide bonds. The number of piperidine rings is 2. The molecule has 2 aliphatic heterocycles. The fraction of sp³-hybridized carbons (Fsp3) is 0.484. The molecule has 3 aromatic rings. The van der Waals surface area contributed by atoms with Gasteiger partial charge in [-0.1, -0.05) is 6.07 Å². The zero-order valence-electron chi connectivity index (χ0n) is 23.5. The predicted octanol–water partition coefficient (Wildman–Crippen LogP) is 4.02. The second-order valence-electron chi connectivity index (χ2n) is 11.6. The third-order valence-electron chi connectivity index (χ3n) is 8.62. The number of anilines is 1. The molecule has 210 valence electrons. The molecule has 2 aromatic heterocycles. The number of carbonyl (C=O) groups is 2. The molecule has 3 fully saturated rings. The van der Waals surface area contributed by atoms with E-state index in [9.17, 15) is 9.59 Å². The van der Waals surface area contributed by atoms with Gasteiger partial charge in [0.25, 0.3) is 5.91 Å². The Morgan fingerprint density at radius 2 is 1.68 bits per heavy atom. The molecule has 3 aliphatic rings. The van der Waals surface area contributed by atoms with E-state index in [0.29, 0.717) is 23.7 Å². The van der Waals surface area contributed by atoms with Crippen LogP contribution < -0.4 is 10.6 Å². The summed E-state index contributed by atoms with van der Waals surface area (Å²) in [6.07, 6.45) is 14.0. The van der Waals surface area contributed by atoms with Crippen molar-refractivity contribution in [1.29, 1.82) is 0 Å². The molecule has 4 heterocycles. The minimum Gasteiger partial charge on any atom is -0.381 e. The van der Waals surface area contributed by atoms with E-state index in [2.05, 4.69) is 38.6 Å². The molecule has 0 unspecified atom stereocenters. The Balaban J connectivity index is 1.07. The van der Waals surface area contributed by atoms with Crippen LogP contribution in [0.4, 0.5) is 5.69 Å². The fourth-order valence-electron chi connectivity index (χ4n) is 6.00. The smallest absolute Gasteiger partial charge is 0.251 e. The van der Waals surface area contributed by atoms with Gasteiger partial charge in [0, 0.05) is 68.6 Å². The van der Waals surface area contributed by atoms with Gasteiger partial charge in [0.05, 0.1) is 30.0 Å². The minimum atomic E-state index is -0.0108. The Hall–Kier alpha value is -3.72. The number of hydrogen-bond donors (Lipinski definition) is 2. The molecule has 0 spiro atoms. The van der Waals surface area contributed by atoms with E-state index >= 15 is 0 Å². The lowest BCUT2D eigenvalue weighted by atomic mass is 9.97. The van der Waals surface area contributed by atoms with Crippen molar-refractivity contribution in [3.63, 3.8) is 0 Å². The van der Waals surface area contributed by atoms with Gasteiger partial charge in [0.1, 0.15) is 0 Å². The molecular formula is C31H39N7O2. The Bertz CT molecular complexity index is 1370. The first-order chi connectivity index (χ1) is 19.4. The summed E-state index contributed by atoms with van der Waals surface area (Å²) in [6.45, 7) is 7.65. The van der Waals surface area contributed by atoms with Gasteiger partial charge in [0.15, 0.2) is 0 Å². The molecule has 9 heteroatoms. The molecule has 40 heavy (non-hydrogen) atoms. The topological polar surface area (TPSA) is 95.4 Å². The van der Waals surface area contributed by atoms with Crippen molar-refractivity contribution in [3.8, 4) is 16.8 Å². The summed E-state index contributed by atoms with van der Waals surface area (Å²) in [5.74, 6) is 0.185. The Morgan fingerprint density at radius 1 is 0.900 bits per heavy atom. The molecule has 0 radical (unpaired) electrons. The standard InChI is InChI=1S/C31H39N7O2/c1-21-3-4-23(31(40)35-25-5-6-25)15-30(21)24-17-33-38(20-24)29-16-27(18-32-19-29)34-26-7-11-37(12-8-26)28-9-13-36(14-10-28)22(2)39/h3-4,15-20,25-26,28,34H,5-14H2,1-2H3,(H,35,40). The van der Waals surface area contributed by atoms with Crippen molar-refractivity contribution in [2.24, 2.45) is 0 Å². The largest absolute Gasteiger partial charge is 0.381 e. The first-order valence-corrected chi connectivity index (χ1v) is 14.6. The zero-order valence-corrected chi connectivity index (χ0v) is 23.5. The number of aryl methyl sites for hydroxylation is 1. The Labute approximate surface area is 236 Å². The quantitative estimate of drug-likeness (QED) is 0.469. The number of likely N-dealkylation sites (tertiary alicyclic amines) is 2. The summed E-state index contributed by atoms with van der Waals surface area (Å²) in [4.78, 5) is 33.3. The van der Waals surface area contributed by atoms with Gasteiger partial charge in [0.2, 0.25) is 5.91 Å². The van der Waals surface area contributed by atoms with E-state index in [1.54, 1.807) is 6.92 Å². The number of nitrogens with one attached hydrogen (secondary N) is 2. The van der Waals surface area contributed by atoms with Crippen LogP contribution in [0.25, 0.3) is 16.8 Å². The Morgan fingerprint density at radius 3 is 2.40 bits per heavy atom. The van der Waals surface area contributed by atoms with Crippen molar-refractivity contribution in [3.05, 3.63) is 60.2 Å². The monoisotopic (exact) mass is 541 g/mol. The second kappa shape index (κ2) is 11.4. The van der Waals surface area contributed by atoms with Gasteiger partial charge < -0.3 is 20.4 Å². The lowest BCUT2D eigenvalue weighted by Crippen LogP contribution is -2.50. The molecule has 2 N–H and O–H groups in total. The van der Waals surface area contributed by atoms with Crippen molar-refractivity contribution in [1.82, 2.24) is 29.9 Å². The molecule has 0 atom stereocenters. The van der Waals surface area contributed by atoms with Gasteiger partial charge in [-0.05, 0) is 74.8 Å². The zero-order chi connectivity index (χ0) is 27.6. The normalized spacial score (nSPS) is 19.0. The summed E-state index contributed by atoms with van der Waals surface area (Å²) in [5.41, 5.74) is 5.66. The maximum absolute atomic E-state index is 12.6. The van der Waals surface area contributed by atoms with E-state index in [-0.39, 0.29) is 11.8 Å². The highest BCUT2D eigenvalue weighted by molar-refractivity contribution is 5.96. The van der Waals surface area contributed by atoms with Crippen LogP contribution in [0, 0.1) is 6.92 Å². The van der Waals surface area contributed by atoms with E-state index in [4.69, 9.17) is 0 Å². The number of rotatable bonds is 7. The molecule has 1 saturated carbocycles. The molecule has 2 saturated heterocycles. The van der Waals surface area contributed by atoms with Crippen LogP contribution >= 0.6 is 0 Å². The van der Waals surface area contributed by atoms with E-state index in [0.717, 1.165) is 92.8 Å². The van der Waals surface area contributed by atoms with Crippen LogP contribution in [-0.2, 0) is 4.79 Å². The first kappa shape index (κ1) is 26.5. The van der Waals surface area contributed by atoms with Gasteiger partial charge in [-0.2, -0.15) is 5.10 Å². The highest BCUT2D eigenvalue weighted by Gasteiger charge is 2.29. The summed E-state index contributed by atoms with van der Waals surface area (Å²) in [6, 6.07) is 9.28.